The van der Waals surface area contributed by atoms with Crippen LogP contribution < -0.4 is 0 Å². The van der Waals surface area contributed by atoms with Crippen molar-refractivity contribution in [1.82, 2.24) is 0 Å². The highest BCUT2D eigenvalue weighted by Crippen LogP contribution is 2.41. The van der Waals surface area contributed by atoms with Crippen LogP contribution in [0, 0.1) is 0 Å². The third-order valence-electron chi connectivity index (χ3n) is 4.62. The molecule has 0 spiro atoms. The van der Waals surface area contributed by atoms with Crippen LogP contribution in [0.3, 0.4) is 0 Å². The molecule has 0 saturated heterocycles. The summed E-state index contributed by atoms with van der Waals surface area (Å²) >= 11 is 13.8. The van der Waals surface area contributed by atoms with Gasteiger partial charge in [0.2, 0.25) is 0 Å². The largest absolute Gasteiger partial charge is 0.252 e. The monoisotopic (exact) mass is 364 g/mol. The average molecular weight is 365 g/mol. The topological polar surface area (TPSA) is 0 Å². The first-order valence-corrected chi connectivity index (χ1v) is 13.0. The molecule has 23 heavy (non-hydrogen) atoms. The summed E-state index contributed by atoms with van der Waals surface area (Å²) < 4.78 is 0. The molecule has 0 aromatic heterocycles. The van der Waals surface area contributed by atoms with E-state index in [9.17, 15) is 0 Å². The molecule has 0 fully saturated rings. The van der Waals surface area contributed by atoms with E-state index in [1.807, 2.05) is 0 Å². The van der Waals surface area contributed by atoms with Crippen molar-refractivity contribution < 1.29 is 0 Å². The highest BCUT2D eigenvalue weighted by atomic mass is 35.7. The minimum atomic E-state index is -2.29. The number of rotatable bonds is 8. The number of hydrogen-bond donors (Lipinski definition) is 0. The molecular weight excluding hydrogens is 339 g/mol. The third-order valence-corrected chi connectivity index (χ3v) is 8.65. The first-order chi connectivity index (χ1) is 11.1. The van der Waals surface area contributed by atoms with Crippen LogP contribution in [0.4, 0.5) is 0 Å². The zero-order valence-corrected chi connectivity index (χ0v) is 16.5. The molecule has 2 atom stereocenters. The number of hydrogen-bond acceptors (Lipinski definition) is 0. The minimum Gasteiger partial charge on any atom is -0.146 e. The van der Waals surface area contributed by atoms with Crippen molar-refractivity contribution in [3.8, 4) is 0 Å². The Labute approximate surface area is 151 Å². The van der Waals surface area contributed by atoms with Crippen LogP contribution in [0.25, 0.3) is 0 Å². The van der Waals surface area contributed by atoms with Gasteiger partial charge in [0.1, 0.15) is 0 Å². The molecule has 3 heteroatoms. The molecule has 2 unspecified atom stereocenters. The fourth-order valence-electron chi connectivity index (χ4n) is 3.25. The fourth-order valence-corrected chi connectivity index (χ4v) is 8.14. The average Bonchev–Trinajstić information content (AvgIpc) is 2.59. The molecule has 0 heterocycles. The van der Waals surface area contributed by atoms with Crippen molar-refractivity contribution in [3.05, 3.63) is 71.8 Å². The number of benzene rings is 2. The molecule has 0 aliphatic rings. The summed E-state index contributed by atoms with van der Waals surface area (Å²) in [6, 6.07) is 23.2. The van der Waals surface area contributed by atoms with Gasteiger partial charge in [0.15, 0.2) is 0 Å². The molecule has 124 valence electrons. The van der Waals surface area contributed by atoms with Gasteiger partial charge in [-0.15, -0.1) is 22.2 Å². The van der Waals surface area contributed by atoms with E-state index in [2.05, 4.69) is 74.5 Å². The Balaban J connectivity index is 2.08. The Bertz CT molecular complexity index is 517. The highest BCUT2D eigenvalue weighted by Gasteiger charge is 2.34. The molecule has 0 aliphatic heterocycles. The van der Waals surface area contributed by atoms with Crippen LogP contribution >= 0.6 is 22.2 Å². The molecular formula is C20H26Cl2Si. The summed E-state index contributed by atoms with van der Waals surface area (Å²) in [4.78, 5) is 0. The second-order valence-corrected chi connectivity index (χ2v) is 13.7. The predicted octanol–water partition coefficient (Wildman–Crippen LogP) is 7.29. The Morgan fingerprint density at radius 1 is 0.696 bits per heavy atom. The van der Waals surface area contributed by atoms with Gasteiger partial charge in [-0.1, -0.05) is 74.5 Å². The van der Waals surface area contributed by atoms with Crippen molar-refractivity contribution in [2.45, 2.75) is 50.6 Å². The maximum Gasteiger partial charge on any atom is 0.252 e. The van der Waals surface area contributed by atoms with Crippen LogP contribution in [0.5, 0.6) is 0 Å². The van der Waals surface area contributed by atoms with Crippen molar-refractivity contribution in [2.75, 3.05) is 0 Å². The summed E-state index contributed by atoms with van der Waals surface area (Å²) in [6.45, 7) is 2.16. The lowest BCUT2D eigenvalue weighted by Crippen LogP contribution is -2.25. The minimum absolute atomic E-state index is 0.464. The zero-order chi connectivity index (χ0) is 16.7. The Morgan fingerprint density at radius 3 is 1.35 bits per heavy atom. The molecule has 0 nitrogen and oxygen atoms in total. The summed E-state index contributed by atoms with van der Waals surface area (Å²) in [6.07, 6.45) is 2.17. The van der Waals surface area contributed by atoms with Crippen LogP contribution in [0.1, 0.15) is 49.7 Å². The number of halogens is 2. The Hall–Kier alpha value is -0.763. The van der Waals surface area contributed by atoms with Crippen molar-refractivity contribution in [3.63, 3.8) is 0 Å². The van der Waals surface area contributed by atoms with Crippen LogP contribution in [-0.2, 0) is 0 Å². The van der Waals surface area contributed by atoms with Gasteiger partial charge in [0.25, 0.3) is 6.69 Å². The molecule has 0 N–H and O–H groups in total. The van der Waals surface area contributed by atoms with E-state index in [1.54, 1.807) is 0 Å². The van der Waals surface area contributed by atoms with Crippen molar-refractivity contribution in [2.24, 2.45) is 0 Å². The molecule has 2 aromatic rings. The van der Waals surface area contributed by atoms with Gasteiger partial charge in [-0.25, -0.2) is 0 Å². The lowest BCUT2D eigenvalue weighted by atomic mass is 9.98. The molecule has 0 saturated carbocycles. The van der Waals surface area contributed by atoms with E-state index < -0.39 is 6.69 Å². The van der Waals surface area contributed by atoms with Gasteiger partial charge in [-0.2, -0.15) is 0 Å². The molecule has 0 bridgehead atoms. The summed E-state index contributed by atoms with van der Waals surface area (Å²) in [5.74, 6) is 0.928. The second-order valence-electron chi connectivity index (χ2n) is 6.30. The lowest BCUT2D eigenvalue weighted by molar-refractivity contribution is 0.699. The van der Waals surface area contributed by atoms with Crippen LogP contribution in [0.2, 0.25) is 12.1 Å². The summed E-state index contributed by atoms with van der Waals surface area (Å²) in [5.41, 5.74) is 2.72. The van der Waals surface area contributed by atoms with Gasteiger partial charge in [-0.05, 0) is 47.9 Å². The molecule has 2 aromatic carbocycles. The lowest BCUT2D eigenvalue weighted by Gasteiger charge is -2.27. The first kappa shape index (κ1) is 18.6. The normalized spacial score (nSPS) is 14.4. The first-order valence-electron chi connectivity index (χ1n) is 8.53. The van der Waals surface area contributed by atoms with Gasteiger partial charge in [0.05, 0.1) is 0 Å². The van der Waals surface area contributed by atoms with E-state index in [-0.39, 0.29) is 0 Å². The zero-order valence-electron chi connectivity index (χ0n) is 14.0. The fraction of sp³-hybridized carbons (Fsp3) is 0.400. The van der Waals surface area contributed by atoms with Gasteiger partial charge in [-0.3, -0.25) is 0 Å². The quantitative estimate of drug-likeness (QED) is 0.340. The van der Waals surface area contributed by atoms with Crippen molar-refractivity contribution in [1.29, 1.82) is 0 Å². The van der Waals surface area contributed by atoms with E-state index in [4.69, 9.17) is 22.2 Å². The van der Waals surface area contributed by atoms with E-state index in [0.717, 1.165) is 24.9 Å². The molecule has 0 aliphatic carbocycles. The second kappa shape index (κ2) is 8.91. The van der Waals surface area contributed by atoms with Gasteiger partial charge in [0, 0.05) is 0 Å². The summed E-state index contributed by atoms with van der Waals surface area (Å²) in [7, 11) is 0. The van der Waals surface area contributed by atoms with E-state index in [1.165, 1.54) is 11.1 Å². The van der Waals surface area contributed by atoms with E-state index >= 15 is 0 Å². The summed E-state index contributed by atoms with van der Waals surface area (Å²) in [5, 5.41) is 0. The van der Waals surface area contributed by atoms with E-state index in [0.29, 0.717) is 11.8 Å². The standard InChI is InChI=1S/C20H26Cl2Si/c1-3-17(19-11-7-5-8-12-19)15-23(21,22)16-18(4-2)20-13-9-6-10-14-20/h5-14,17-18H,3-4,15-16H2,1-2H3. The molecule has 2 rings (SSSR count). The van der Waals surface area contributed by atoms with Crippen molar-refractivity contribution >= 4 is 28.9 Å². The maximum absolute atomic E-state index is 6.89. The highest BCUT2D eigenvalue weighted by molar-refractivity contribution is 7.45. The van der Waals surface area contributed by atoms with Crippen LogP contribution in [-0.4, -0.2) is 6.69 Å². The smallest absolute Gasteiger partial charge is 0.146 e. The predicted molar refractivity (Wildman–Crippen MR) is 106 cm³/mol. The van der Waals surface area contributed by atoms with Crippen LogP contribution in [0.15, 0.2) is 60.7 Å². The maximum atomic E-state index is 6.89. The SMILES string of the molecule is CCC(C[Si](Cl)(Cl)CC(CC)c1ccccc1)c1ccccc1. The third kappa shape index (κ3) is 5.67. The van der Waals surface area contributed by atoms with Gasteiger partial charge < -0.3 is 0 Å². The van der Waals surface area contributed by atoms with Gasteiger partial charge >= 0.3 is 0 Å². The molecule has 0 amide bonds. The Morgan fingerprint density at radius 2 is 1.04 bits per heavy atom. The Kier molecular flexibility index (Phi) is 7.20. The molecule has 0 radical (unpaired) electrons.